The van der Waals surface area contributed by atoms with Crippen LogP contribution in [0.1, 0.15) is 31.3 Å². The summed E-state index contributed by atoms with van der Waals surface area (Å²) >= 11 is 5.82. The van der Waals surface area contributed by atoms with Gasteiger partial charge in [0.2, 0.25) is 0 Å². The van der Waals surface area contributed by atoms with Gasteiger partial charge in [-0.25, -0.2) is 14.1 Å². The summed E-state index contributed by atoms with van der Waals surface area (Å²) in [5.74, 6) is 6.46. The number of nitrogens with zero attached hydrogens (tertiary/aromatic N) is 3. The van der Waals surface area contributed by atoms with Crippen LogP contribution >= 0.6 is 11.6 Å². The van der Waals surface area contributed by atoms with Gasteiger partial charge in [-0.05, 0) is 23.6 Å². The first kappa shape index (κ1) is 15.9. The smallest absolute Gasteiger partial charge is 0.141 e. The number of halogens is 2. The van der Waals surface area contributed by atoms with Gasteiger partial charge >= 0.3 is 0 Å². The largest absolute Gasteiger partial charge is 0.271 e. The van der Waals surface area contributed by atoms with Crippen molar-refractivity contribution in [2.75, 3.05) is 0 Å². The zero-order valence-corrected chi connectivity index (χ0v) is 12.8. The summed E-state index contributed by atoms with van der Waals surface area (Å²) in [6.45, 7) is 5.02. The molecule has 1 atom stereocenters. The number of benzene rings is 1. The van der Waals surface area contributed by atoms with Gasteiger partial charge in [-0.1, -0.05) is 31.5 Å². The standard InChI is InChI=1S/C14H19ClFN5/c1-9(2)7-21-14(18-8-19-21)6-13(20-17)10-3-4-12(16)11(15)5-10/h3-5,8-9,13,20H,6-7,17H2,1-2H3. The Labute approximate surface area is 128 Å². The third-order valence-electron chi connectivity index (χ3n) is 3.17. The fourth-order valence-corrected chi connectivity index (χ4v) is 2.32. The SMILES string of the molecule is CC(C)Cn1ncnc1CC(NN)c1ccc(F)c(Cl)c1. The molecule has 0 saturated carbocycles. The molecule has 7 heteroatoms. The molecule has 0 fully saturated rings. The Morgan fingerprint density at radius 3 is 2.81 bits per heavy atom. The van der Waals surface area contributed by atoms with E-state index in [1.54, 1.807) is 12.1 Å². The molecule has 2 rings (SSSR count). The van der Waals surface area contributed by atoms with Gasteiger partial charge in [-0.3, -0.25) is 11.3 Å². The van der Waals surface area contributed by atoms with Crippen molar-refractivity contribution < 1.29 is 4.39 Å². The van der Waals surface area contributed by atoms with Gasteiger partial charge < -0.3 is 0 Å². The molecule has 0 bridgehead atoms. The lowest BCUT2D eigenvalue weighted by Gasteiger charge is -2.17. The number of nitrogens with two attached hydrogens (primary N) is 1. The second-order valence-corrected chi connectivity index (χ2v) is 5.76. The molecule has 5 nitrogen and oxygen atoms in total. The topological polar surface area (TPSA) is 68.8 Å². The Hall–Kier alpha value is -1.50. The van der Waals surface area contributed by atoms with E-state index in [1.807, 2.05) is 4.68 Å². The fraction of sp³-hybridized carbons (Fsp3) is 0.429. The Kier molecular flexibility index (Phi) is 5.27. The summed E-state index contributed by atoms with van der Waals surface area (Å²) in [6, 6.07) is 4.36. The second-order valence-electron chi connectivity index (χ2n) is 5.35. The quantitative estimate of drug-likeness (QED) is 0.635. The first-order valence-electron chi connectivity index (χ1n) is 6.79. The van der Waals surface area contributed by atoms with Crippen LogP contribution in [0, 0.1) is 11.7 Å². The van der Waals surface area contributed by atoms with E-state index in [0.717, 1.165) is 17.9 Å². The fourth-order valence-electron chi connectivity index (χ4n) is 2.13. The van der Waals surface area contributed by atoms with Crippen LogP contribution in [0.2, 0.25) is 5.02 Å². The molecule has 114 valence electrons. The molecular weight excluding hydrogens is 293 g/mol. The highest BCUT2D eigenvalue weighted by atomic mass is 35.5. The van der Waals surface area contributed by atoms with Crippen LogP contribution in [-0.4, -0.2) is 14.8 Å². The lowest BCUT2D eigenvalue weighted by Crippen LogP contribution is -2.30. The predicted octanol–water partition coefficient (Wildman–Crippen LogP) is 2.47. The highest BCUT2D eigenvalue weighted by Crippen LogP contribution is 2.22. The van der Waals surface area contributed by atoms with Crippen molar-refractivity contribution in [3.8, 4) is 0 Å². The average Bonchev–Trinajstić information content (AvgIpc) is 2.85. The molecule has 1 aromatic carbocycles. The minimum Gasteiger partial charge on any atom is -0.271 e. The van der Waals surface area contributed by atoms with E-state index >= 15 is 0 Å². The van der Waals surface area contributed by atoms with Crippen molar-refractivity contribution in [3.05, 3.63) is 46.8 Å². The molecule has 2 aromatic rings. The number of hydrazine groups is 1. The third kappa shape index (κ3) is 4.00. The minimum atomic E-state index is -0.445. The summed E-state index contributed by atoms with van der Waals surface area (Å²) in [4.78, 5) is 4.27. The van der Waals surface area contributed by atoms with Gasteiger partial charge in [-0.15, -0.1) is 0 Å². The van der Waals surface area contributed by atoms with E-state index in [9.17, 15) is 4.39 Å². The molecular formula is C14H19ClFN5. The van der Waals surface area contributed by atoms with Crippen LogP contribution in [0.15, 0.2) is 24.5 Å². The van der Waals surface area contributed by atoms with Crippen LogP contribution in [0.3, 0.4) is 0 Å². The summed E-state index contributed by atoms with van der Waals surface area (Å²) in [5.41, 5.74) is 3.53. The minimum absolute atomic E-state index is 0.0800. The van der Waals surface area contributed by atoms with E-state index in [0.29, 0.717) is 12.3 Å². The number of hydrogen-bond donors (Lipinski definition) is 2. The van der Waals surface area contributed by atoms with E-state index in [2.05, 4.69) is 29.4 Å². The second kappa shape index (κ2) is 6.98. The van der Waals surface area contributed by atoms with E-state index in [4.69, 9.17) is 17.4 Å². The van der Waals surface area contributed by atoms with Gasteiger partial charge in [0.1, 0.15) is 18.0 Å². The molecule has 0 amide bonds. The van der Waals surface area contributed by atoms with Crippen LogP contribution in [0.4, 0.5) is 4.39 Å². The molecule has 0 aliphatic heterocycles. The lowest BCUT2D eigenvalue weighted by atomic mass is 10.0. The van der Waals surface area contributed by atoms with Crippen LogP contribution in [-0.2, 0) is 13.0 Å². The van der Waals surface area contributed by atoms with Gasteiger partial charge in [0.25, 0.3) is 0 Å². The van der Waals surface area contributed by atoms with Crippen molar-refractivity contribution in [1.29, 1.82) is 0 Å². The zero-order valence-electron chi connectivity index (χ0n) is 12.1. The van der Waals surface area contributed by atoms with E-state index in [-0.39, 0.29) is 11.1 Å². The summed E-state index contributed by atoms with van der Waals surface area (Å²) in [7, 11) is 0. The van der Waals surface area contributed by atoms with Crippen molar-refractivity contribution in [2.24, 2.45) is 11.8 Å². The average molecular weight is 312 g/mol. The molecule has 0 aliphatic carbocycles. The van der Waals surface area contributed by atoms with Crippen molar-refractivity contribution in [3.63, 3.8) is 0 Å². The molecule has 0 spiro atoms. The van der Waals surface area contributed by atoms with Crippen molar-refractivity contribution >= 4 is 11.6 Å². The number of aromatic nitrogens is 3. The molecule has 21 heavy (non-hydrogen) atoms. The maximum Gasteiger partial charge on any atom is 0.141 e. The van der Waals surface area contributed by atoms with Gasteiger partial charge in [0, 0.05) is 13.0 Å². The Morgan fingerprint density at radius 1 is 1.43 bits per heavy atom. The third-order valence-corrected chi connectivity index (χ3v) is 3.46. The zero-order chi connectivity index (χ0) is 15.4. The normalized spacial score (nSPS) is 12.9. The van der Waals surface area contributed by atoms with Crippen molar-refractivity contribution in [1.82, 2.24) is 20.2 Å². The molecule has 0 radical (unpaired) electrons. The number of hydrogen-bond acceptors (Lipinski definition) is 4. The molecule has 1 unspecified atom stereocenters. The summed E-state index contributed by atoms with van der Waals surface area (Å²) in [6.07, 6.45) is 2.08. The lowest BCUT2D eigenvalue weighted by molar-refractivity contribution is 0.446. The Balaban J connectivity index is 2.19. The maximum atomic E-state index is 13.2. The molecule has 0 aliphatic rings. The van der Waals surface area contributed by atoms with Crippen LogP contribution < -0.4 is 11.3 Å². The summed E-state index contributed by atoms with van der Waals surface area (Å²) in [5, 5.41) is 4.30. The van der Waals surface area contributed by atoms with Gasteiger partial charge in [0.15, 0.2) is 0 Å². The predicted molar refractivity (Wildman–Crippen MR) is 80.0 cm³/mol. The molecule has 3 N–H and O–H groups in total. The van der Waals surface area contributed by atoms with E-state index in [1.165, 1.54) is 12.4 Å². The van der Waals surface area contributed by atoms with E-state index < -0.39 is 5.82 Å². The first-order chi connectivity index (χ1) is 10.0. The molecule has 0 saturated heterocycles. The summed E-state index contributed by atoms with van der Waals surface area (Å²) < 4.78 is 15.1. The highest BCUT2D eigenvalue weighted by Gasteiger charge is 2.16. The molecule has 1 heterocycles. The number of nitrogens with one attached hydrogen (secondary N) is 1. The Bertz CT molecular complexity index is 599. The maximum absolute atomic E-state index is 13.2. The first-order valence-corrected chi connectivity index (χ1v) is 7.16. The van der Waals surface area contributed by atoms with Gasteiger partial charge in [0.05, 0.1) is 11.1 Å². The molecule has 1 aromatic heterocycles. The highest BCUT2D eigenvalue weighted by molar-refractivity contribution is 6.30. The Morgan fingerprint density at radius 2 is 2.19 bits per heavy atom. The van der Waals surface area contributed by atoms with Crippen LogP contribution in [0.5, 0.6) is 0 Å². The van der Waals surface area contributed by atoms with Gasteiger partial charge in [-0.2, -0.15) is 5.10 Å². The van der Waals surface area contributed by atoms with Crippen molar-refractivity contribution in [2.45, 2.75) is 32.9 Å². The monoisotopic (exact) mass is 311 g/mol. The number of rotatable bonds is 6. The van der Waals surface area contributed by atoms with Crippen LogP contribution in [0.25, 0.3) is 0 Å².